The second-order valence-electron chi connectivity index (χ2n) is 1.21. The van der Waals surface area contributed by atoms with Crippen molar-refractivity contribution in [3.8, 4) is 0 Å². The largest absolute Gasteiger partial charge is 0.392 e. The second-order valence-corrected chi connectivity index (χ2v) is 1.21. The normalized spacial score (nSPS) is 12.2. The van der Waals surface area contributed by atoms with Crippen LogP contribution in [0.15, 0.2) is 11.6 Å². The van der Waals surface area contributed by atoms with Crippen LogP contribution >= 0.6 is 0 Å². The van der Waals surface area contributed by atoms with Crippen LogP contribution in [0, 0.1) is 6.92 Å². The van der Waals surface area contributed by atoms with Crippen molar-refractivity contribution in [3.05, 3.63) is 18.6 Å². The SMILES string of the molecule is [CH2]/C=C(/C)CO. The lowest BCUT2D eigenvalue weighted by molar-refractivity contribution is 0.331. The molecule has 35 valence electrons. The zero-order valence-corrected chi connectivity index (χ0v) is 3.94. The highest BCUT2D eigenvalue weighted by atomic mass is 16.3. The van der Waals surface area contributed by atoms with E-state index in [2.05, 4.69) is 6.92 Å². The van der Waals surface area contributed by atoms with Crippen LogP contribution in [-0.2, 0) is 0 Å². The summed E-state index contributed by atoms with van der Waals surface area (Å²) >= 11 is 0. The third kappa shape index (κ3) is 1.97. The van der Waals surface area contributed by atoms with Gasteiger partial charge in [0, 0.05) is 0 Å². The summed E-state index contributed by atoms with van der Waals surface area (Å²) in [6.45, 7) is 5.39. The number of hydrogen-bond acceptors (Lipinski definition) is 1. The third-order valence-electron chi connectivity index (χ3n) is 0.598. The molecule has 1 heteroatoms. The molecule has 0 aliphatic heterocycles. The van der Waals surface area contributed by atoms with E-state index in [1.54, 1.807) is 6.08 Å². The lowest BCUT2D eigenvalue weighted by Gasteiger charge is -1.84. The Kier molecular flexibility index (Phi) is 2.77. The molecule has 0 heterocycles. The maximum atomic E-state index is 8.23. The molecule has 6 heavy (non-hydrogen) atoms. The van der Waals surface area contributed by atoms with E-state index in [0.717, 1.165) is 5.57 Å². The Bertz CT molecular complexity index is 55.0. The van der Waals surface area contributed by atoms with Gasteiger partial charge in [0.15, 0.2) is 0 Å². The quantitative estimate of drug-likeness (QED) is 0.498. The summed E-state index contributed by atoms with van der Waals surface area (Å²) in [5, 5.41) is 8.23. The van der Waals surface area contributed by atoms with Crippen LogP contribution in [0.4, 0.5) is 0 Å². The topological polar surface area (TPSA) is 20.2 Å². The van der Waals surface area contributed by atoms with Gasteiger partial charge in [-0.25, -0.2) is 0 Å². The molecule has 0 aliphatic rings. The van der Waals surface area contributed by atoms with Crippen LogP contribution in [0.5, 0.6) is 0 Å². The van der Waals surface area contributed by atoms with Crippen LogP contribution in [0.2, 0.25) is 0 Å². The molecule has 0 saturated heterocycles. The van der Waals surface area contributed by atoms with Crippen LogP contribution in [0.1, 0.15) is 6.92 Å². The summed E-state index contributed by atoms with van der Waals surface area (Å²) in [5.74, 6) is 0. The minimum absolute atomic E-state index is 0.128. The van der Waals surface area contributed by atoms with Crippen LogP contribution in [-0.4, -0.2) is 11.7 Å². The van der Waals surface area contributed by atoms with Gasteiger partial charge < -0.3 is 5.11 Å². The Morgan fingerprint density at radius 3 is 2.50 bits per heavy atom. The Hall–Kier alpha value is -0.300. The first-order valence-electron chi connectivity index (χ1n) is 1.87. The van der Waals surface area contributed by atoms with E-state index < -0.39 is 0 Å². The minimum Gasteiger partial charge on any atom is -0.392 e. The number of aliphatic hydroxyl groups is 1. The Morgan fingerprint density at radius 1 is 2.00 bits per heavy atom. The fourth-order valence-corrected chi connectivity index (χ4v) is 0.0645. The Morgan fingerprint density at radius 2 is 2.50 bits per heavy atom. The summed E-state index contributed by atoms with van der Waals surface area (Å²) in [6, 6.07) is 0. The number of rotatable bonds is 1. The van der Waals surface area contributed by atoms with E-state index in [1.165, 1.54) is 0 Å². The van der Waals surface area contributed by atoms with E-state index in [1.807, 2.05) is 6.92 Å². The molecule has 1 N–H and O–H groups in total. The highest BCUT2D eigenvalue weighted by Gasteiger charge is 1.74. The molecule has 0 rings (SSSR count). The van der Waals surface area contributed by atoms with Gasteiger partial charge in [0.05, 0.1) is 6.61 Å². The van der Waals surface area contributed by atoms with Gasteiger partial charge in [0.25, 0.3) is 0 Å². The monoisotopic (exact) mass is 85.1 g/mol. The van der Waals surface area contributed by atoms with E-state index >= 15 is 0 Å². The van der Waals surface area contributed by atoms with Gasteiger partial charge in [0.1, 0.15) is 0 Å². The highest BCUT2D eigenvalue weighted by Crippen LogP contribution is 1.84. The first-order chi connectivity index (χ1) is 2.81. The molecule has 0 bridgehead atoms. The molecular weight excluding hydrogens is 76.1 g/mol. The van der Waals surface area contributed by atoms with Crippen molar-refractivity contribution < 1.29 is 5.11 Å². The highest BCUT2D eigenvalue weighted by molar-refractivity contribution is 4.98. The summed E-state index contributed by atoms with van der Waals surface area (Å²) in [6.07, 6.45) is 1.64. The average Bonchev–Trinajstić information content (AvgIpc) is 1.65. The fraction of sp³-hybridized carbons (Fsp3) is 0.400. The summed E-state index contributed by atoms with van der Waals surface area (Å²) in [4.78, 5) is 0. The van der Waals surface area contributed by atoms with Gasteiger partial charge in [-0.05, 0) is 13.8 Å². The van der Waals surface area contributed by atoms with Gasteiger partial charge in [-0.15, -0.1) is 0 Å². The van der Waals surface area contributed by atoms with Crippen LogP contribution < -0.4 is 0 Å². The van der Waals surface area contributed by atoms with E-state index in [4.69, 9.17) is 5.11 Å². The van der Waals surface area contributed by atoms with Gasteiger partial charge in [-0.3, -0.25) is 0 Å². The average molecular weight is 85.1 g/mol. The third-order valence-corrected chi connectivity index (χ3v) is 0.598. The standard InChI is InChI=1S/C5H9O/c1-3-5(2)4-6/h3,6H,1,4H2,2H3/b5-3-. The van der Waals surface area contributed by atoms with E-state index in [-0.39, 0.29) is 6.61 Å². The van der Waals surface area contributed by atoms with Gasteiger partial charge in [-0.1, -0.05) is 11.6 Å². The molecule has 0 aromatic rings. The Labute approximate surface area is 38.3 Å². The van der Waals surface area contributed by atoms with Gasteiger partial charge in [-0.2, -0.15) is 0 Å². The molecule has 1 radical (unpaired) electrons. The number of aliphatic hydroxyl groups excluding tert-OH is 1. The van der Waals surface area contributed by atoms with Crippen molar-refractivity contribution in [2.45, 2.75) is 6.92 Å². The zero-order chi connectivity index (χ0) is 4.99. The lowest BCUT2D eigenvalue weighted by atomic mass is 10.3. The zero-order valence-electron chi connectivity index (χ0n) is 3.94. The van der Waals surface area contributed by atoms with Crippen molar-refractivity contribution in [1.82, 2.24) is 0 Å². The predicted molar refractivity (Wildman–Crippen MR) is 26.2 cm³/mol. The van der Waals surface area contributed by atoms with Crippen molar-refractivity contribution in [2.24, 2.45) is 0 Å². The summed E-state index contributed by atoms with van der Waals surface area (Å²) < 4.78 is 0. The Balaban J connectivity index is 3.22. The maximum absolute atomic E-state index is 8.23. The lowest BCUT2D eigenvalue weighted by Crippen LogP contribution is -1.79. The molecule has 1 nitrogen and oxygen atoms in total. The van der Waals surface area contributed by atoms with Crippen LogP contribution in [0.25, 0.3) is 0 Å². The first-order valence-corrected chi connectivity index (χ1v) is 1.87. The molecular formula is C5H9O. The molecule has 0 unspecified atom stereocenters. The van der Waals surface area contributed by atoms with E-state index in [0.29, 0.717) is 0 Å². The molecule has 0 aromatic heterocycles. The maximum Gasteiger partial charge on any atom is 0.0639 e. The predicted octanol–water partition coefficient (Wildman–Crippen LogP) is 0.759. The fourth-order valence-electron chi connectivity index (χ4n) is 0.0645. The van der Waals surface area contributed by atoms with Crippen molar-refractivity contribution >= 4 is 0 Å². The smallest absolute Gasteiger partial charge is 0.0639 e. The van der Waals surface area contributed by atoms with Gasteiger partial charge in [0.2, 0.25) is 0 Å². The molecule has 0 saturated carbocycles. The minimum atomic E-state index is 0.128. The molecule has 0 atom stereocenters. The molecule has 0 spiro atoms. The molecule has 0 aromatic carbocycles. The number of allylic oxidation sites excluding steroid dienone is 1. The van der Waals surface area contributed by atoms with E-state index in [9.17, 15) is 0 Å². The second kappa shape index (κ2) is 2.91. The van der Waals surface area contributed by atoms with Crippen molar-refractivity contribution in [2.75, 3.05) is 6.61 Å². The van der Waals surface area contributed by atoms with Crippen LogP contribution in [0.3, 0.4) is 0 Å². The van der Waals surface area contributed by atoms with Gasteiger partial charge >= 0.3 is 0 Å². The molecule has 0 aliphatic carbocycles. The summed E-state index contributed by atoms with van der Waals surface area (Å²) in [7, 11) is 0. The van der Waals surface area contributed by atoms with Crippen molar-refractivity contribution in [1.29, 1.82) is 0 Å². The first kappa shape index (κ1) is 5.70. The summed E-state index contributed by atoms with van der Waals surface area (Å²) in [5.41, 5.74) is 0.912. The molecule has 0 amide bonds. The number of hydrogen-bond donors (Lipinski definition) is 1. The molecule has 0 fully saturated rings. The van der Waals surface area contributed by atoms with Crippen molar-refractivity contribution in [3.63, 3.8) is 0 Å².